The summed E-state index contributed by atoms with van der Waals surface area (Å²) in [6, 6.07) is 27.1. The van der Waals surface area contributed by atoms with Crippen LogP contribution >= 0.6 is 0 Å². The van der Waals surface area contributed by atoms with Gasteiger partial charge in [-0.15, -0.1) is 0 Å². The van der Waals surface area contributed by atoms with Gasteiger partial charge in [0.1, 0.15) is 11.7 Å². The van der Waals surface area contributed by atoms with Gasteiger partial charge in [-0.1, -0.05) is 91.0 Å². The molecule has 0 aromatic heterocycles. The van der Waals surface area contributed by atoms with E-state index in [-0.39, 0.29) is 5.75 Å². The molecule has 0 aliphatic heterocycles. The van der Waals surface area contributed by atoms with E-state index in [2.05, 4.69) is 0 Å². The van der Waals surface area contributed by atoms with Crippen LogP contribution < -0.4 is 0 Å². The fraction of sp³-hybridized carbons (Fsp3) is 0.0952. The predicted molar refractivity (Wildman–Crippen MR) is 104 cm³/mol. The van der Waals surface area contributed by atoms with E-state index in [4.69, 9.17) is 4.55 Å². The average molecular weight is 384 g/mol. The van der Waals surface area contributed by atoms with Crippen molar-refractivity contribution >= 4 is 16.1 Å². The second-order valence-electron chi connectivity index (χ2n) is 5.80. The summed E-state index contributed by atoms with van der Waals surface area (Å²) < 4.78 is 29.2. The zero-order valence-electron chi connectivity index (χ0n) is 14.5. The van der Waals surface area contributed by atoms with Crippen molar-refractivity contribution in [2.45, 2.75) is 11.7 Å². The smallest absolute Gasteiger partial charge is 0.315 e. The molecule has 0 aliphatic carbocycles. The zero-order valence-corrected chi connectivity index (χ0v) is 15.3. The topological polar surface area (TPSA) is 91.7 Å². The third-order valence-corrected chi connectivity index (χ3v) is 4.40. The van der Waals surface area contributed by atoms with Gasteiger partial charge in [-0.3, -0.25) is 9.35 Å². The number of aliphatic carboxylic acids is 1. The molecule has 0 spiro atoms. The number of hydrogen-bond acceptors (Lipinski definition) is 3. The molecule has 6 heteroatoms. The Kier molecular flexibility index (Phi) is 7.28. The molecule has 0 aliphatic rings. The summed E-state index contributed by atoms with van der Waals surface area (Å²) in [5.74, 6) is -1.71. The molecule has 0 saturated carbocycles. The minimum absolute atomic E-state index is 0.312. The van der Waals surface area contributed by atoms with Crippen molar-refractivity contribution in [1.29, 1.82) is 0 Å². The molecule has 0 amide bonds. The molecule has 0 atom stereocenters. The van der Waals surface area contributed by atoms with E-state index in [1.807, 2.05) is 60.7 Å². The van der Waals surface area contributed by atoms with Gasteiger partial charge < -0.3 is 5.11 Å². The van der Waals surface area contributed by atoms with Crippen molar-refractivity contribution in [1.82, 2.24) is 0 Å². The SMILES string of the molecule is O=C(O)C(c1ccccc1)c1ccccc1.O=S(=O)(O)Cc1ccccc1. The molecule has 0 heterocycles. The quantitative estimate of drug-likeness (QED) is 0.649. The number of carboxylic acids is 1. The third-order valence-electron chi connectivity index (χ3n) is 3.70. The molecule has 0 unspecified atom stereocenters. The highest BCUT2D eigenvalue weighted by molar-refractivity contribution is 7.85. The summed E-state index contributed by atoms with van der Waals surface area (Å²) in [6.45, 7) is 0. The lowest BCUT2D eigenvalue weighted by Crippen LogP contribution is -2.12. The molecule has 2 N–H and O–H groups in total. The van der Waals surface area contributed by atoms with E-state index in [1.165, 1.54) is 0 Å². The summed E-state index contributed by atoms with van der Waals surface area (Å²) in [5, 5.41) is 9.28. The van der Waals surface area contributed by atoms with E-state index >= 15 is 0 Å². The van der Waals surface area contributed by atoms with Gasteiger partial charge in [-0.25, -0.2) is 0 Å². The normalized spacial score (nSPS) is 10.7. The van der Waals surface area contributed by atoms with E-state index < -0.39 is 22.0 Å². The molecule has 5 nitrogen and oxygen atoms in total. The predicted octanol–water partition coefficient (Wildman–Crippen LogP) is 3.98. The van der Waals surface area contributed by atoms with Crippen LogP contribution in [0.5, 0.6) is 0 Å². The first kappa shape index (κ1) is 20.4. The van der Waals surface area contributed by atoms with Crippen LogP contribution in [0.3, 0.4) is 0 Å². The van der Waals surface area contributed by atoms with Crippen LogP contribution in [0.4, 0.5) is 0 Å². The summed E-state index contributed by atoms with van der Waals surface area (Å²) in [4.78, 5) is 11.3. The van der Waals surface area contributed by atoms with Gasteiger partial charge in [0.05, 0.1) is 0 Å². The molecule has 0 bridgehead atoms. The van der Waals surface area contributed by atoms with E-state index in [0.29, 0.717) is 5.56 Å². The Morgan fingerprint density at radius 2 is 1.11 bits per heavy atom. The van der Waals surface area contributed by atoms with Crippen molar-refractivity contribution < 1.29 is 22.9 Å². The maximum Gasteiger partial charge on any atom is 0.315 e. The zero-order chi connectivity index (χ0) is 19.7. The standard InChI is InChI=1S/C14H12O2.C7H8O3S/c15-14(16)13(11-7-3-1-4-8-11)12-9-5-2-6-10-12;8-11(9,10)6-7-4-2-1-3-5-7/h1-10,13H,(H,15,16);1-5H,6H2,(H,8,9,10). The van der Waals surface area contributed by atoms with Crippen LogP contribution in [0.1, 0.15) is 22.6 Å². The van der Waals surface area contributed by atoms with E-state index in [9.17, 15) is 18.3 Å². The summed E-state index contributed by atoms with van der Waals surface area (Å²) >= 11 is 0. The van der Waals surface area contributed by atoms with Gasteiger partial charge in [0, 0.05) is 0 Å². The lowest BCUT2D eigenvalue weighted by molar-refractivity contribution is -0.137. The van der Waals surface area contributed by atoms with Gasteiger partial charge in [0.15, 0.2) is 0 Å². The fourth-order valence-electron chi connectivity index (χ4n) is 2.55. The summed E-state index contributed by atoms with van der Waals surface area (Å²) in [7, 11) is -3.88. The number of rotatable bonds is 5. The minimum Gasteiger partial charge on any atom is -0.481 e. The molecular formula is C21H20O5S. The molecule has 3 rings (SSSR count). The third kappa shape index (κ3) is 7.05. The number of carbonyl (C=O) groups is 1. The van der Waals surface area contributed by atoms with E-state index in [0.717, 1.165) is 11.1 Å². The van der Waals surface area contributed by atoms with Crippen LogP contribution in [-0.2, 0) is 20.7 Å². The van der Waals surface area contributed by atoms with Gasteiger partial charge in [0.2, 0.25) is 0 Å². The fourth-order valence-corrected chi connectivity index (χ4v) is 3.17. The lowest BCUT2D eigenvalue weighted by Gasteiger charge is -2.12. The Labute approximate surface area is 158 Å². The number of carboxylic acid groups (broad SMARTS) is 1. The Morgan fingerprint density at radius 1 is 0.741 bits per heavy atom. The summed E-state index contributed by atoms with van der Waals surface area (Å²) in [5.41, 5.74) is 2.21. The monoisotopic (exact) mass is 384 g/mol. The van der Waals surface area contributed by atoms with Crippen molar-refractivity contribution in [3.05, 3.63) is 108 Å². The largest absolute Gasteiger partial charge is 0.481 e. The van der Waals surface area contributed by atoms with Crippen LogP contribution in [0, 0.1) is 0 Å². The van der Waals surface area contributed by atoms with Crippen molar-refractivity contribution in [3.63, 3.8) is 0 Å². The molecule has 0 fully saturated rings. The first-order valence-electron chi connectivity index (χ1n) is 8.18. The van der Waals surface area contributed by atoms with Gasteiger partial charge in [-0.05, 0) is 16.7 Å². The Morgan fingerprint density at radius 3 is 1.44 bits per heavy atom. The average Bonchev–Trinajstić information content (AvgIpc) is 2.63. The molecule has 27 heavy (non-hydrogen) atoms. The second-order valence-corrected chi connectivity index (χ2v) is 7.26. The highest BCUT2D eigenvalue weighted by Crippen LogP contribution is 2.24. The molecule has 140 valence electrons. The Balaban J connectivity index is 0.000000208. The van der Waals surface area contributed by atoms with Crippen LogP contribution in [0.15, 0.2) is 91.0 Å². The molecule has 3 aromatic carbocycles. The molecule has 0 radical (unpaired) electrons. The minimum atomic E-state index is -3.88. The molecule has 0 saturated heterocycles. The van der Waals surface area contributed by atoms with Gasteiger partial charge >= 0.3 is 5.97 Å². The van der Waals surface area contributed by atoms with Crippen molar-refractivity contribution in [2.24, 2.45) is 0 Å². The van der Waals surface area contributed by atoms with Gasteiger partial charge in [-0.2, -0.15) is 8.42 Å². The van der Waals surface area contributed by atoms with Crippen LogP contribution in [0.2, 0.25) is 0 Å². The maximum absolute atomic E-state index is 11.3. The van der Waals surface area contributed by atoms with E-state index in [1.54, 1.807) is 30.3 Å². The van der Waals surface area contributed by atoms with Crippen LogP contribution in [-0.4, -0.2) is 24.0 Å². The highest BCUT2D eigenvalue weighted by atomic mass is 32.2. The first-order chi connectivity index (χ1) is 12.9. The van der Waals surface area contributed by atoms with Crippen molar-refractivity contribution in [2.75, 3.05) is 0 Å². The number of hydrogen-bond donors (Lipinski definition) is 2. The second kappa shape index (κ2) is 9.66. The lowest BCUT2D eigenvalue weighted by atomic mass is 9.92. The maximum atomic E-state index is 11.3. The Hall–Kier alpha value is -2.96. The van der Waals surface area contributed by atoms with Crippen LogP contribution in [0.25, 0.3) is 0 Å². The molecular weight excluding hydrogens is 364 g/mol. The molecule has 3 aromatic rings. The Bertz CT molecular complexity index is 900. The highest BCUT2D eigenvalue weighted by Gasteiger charge is 2.21. The van der Waals surface area contributed by atoms with Gasteiger partial charge in [0.25, 0.3) is 10.1 Å². The summed E-state index contributed by atoms with van der Waals surface area (Å²) in [6.07, 6.45) is 0. The van der Waals surface area contributed by atoms with Crippen molar-refractivity contribution in [3.8, 4) is 0 Å². The first-order valence-corrected chi connectivity index (χ1v) is 9.79. The number of benzene rings is 3.